The second-order valence-electron chi connectivity index (χ2n) is 3.05. The summed E-state index contributed by atoms with van der Waals surface area (Å²) in [4.78, 5) is 21.4. The molecule has 0 aromatic heterocycles. The molecule has 0 radical (unpaired) electrons. The van der Waals surface area contributed by atoms with Gasteiger partial charge in [0.2, 0.25) is 0 Å². The van der Waals surface area contributed by atoms with Gasteiger partial charge in [0, 0.05) is 0 Å². The number of carbonyl (C=O) groups is 1. The van der Waals surface area contributed by atoms with Crippen LogP contribution in [0.4, 0.5) is 0 Å². The van der Waals surface area contributed by atoms with E-state index in [2.05, 4.69) is 2.85 Å². The Morgan fingerprint density at radius 3 is 2.13 bits per heavy atom. The van der Waals surface area contributed by atoms with E-state index in [4.69, 9.17) is 4.74 Å². The fourth-order valence-corrected chi connectivity index (χ4v) is 3.74. The van der Waals surface area contributed by atoms with E-state index in [9.17, 15) is 14.3 Å². The largest absolute Gasteiger partial charge is 0.465 e. The molecule has 1 atom stereocenters. The molecule has 0 aromatic rings. The van der Waals surface area contributed by atoms with Gasteiger partial charge in [0.25, 0.3) is 0 Å². The van der Waals surface area contributed by atoms with E-state index >= 15 is 0 Å². The van der Waals surface area contributed by atoms with E-state index < -0.39 is 18.7 Å². The first-order valence-corrected chi connectivity index (χ1v) is 7.18. The number of ether oxygens (including phenoxy) is 1. The molecule has 15 heavy (non-hydrogen) atoms. The number of hydrogen-bond acceptors (Lipinski definition) is 4. The molecular formula is C8H16IO5P. The second kappa shape index (κ2) is 6.18. The van der Waals surface area contributed by atoms with Crippen molar-refractivity contribution >= 4 is 36.6 Å². The van der Waals surface area contributed by atoms with E-state index in [1.54, 1.807) is 20.8 Å². The number of rotatable bonds is 6. The first-order valence-electron chi connectivity index (χ1n) is 4.72. The van der Waals surface area contributed by atoms with Gasteiger partial charge in [0.05, 0.1) is 6.61 Å². The summed E-state index contributed by atoms with van der Waals surface area (Å²) in [5, 5.41) is -1.44. The zero-order valence-corrected chi connectivity index (χ0v) is 12.1. The van der Waals surface area contributed by atoms with Crippen LogP contribution in [-0.4, -0.2) is 22.6 Å². The molecule has 0 fully saturated rings. The highest BCUT2D eigenvalue weighted by Gasteiger charge is 2.53. The van der Waals surface area contributed by atoms with Gasteiger partial charge < -0.3 is 9.63 Å². The van der Waals surface area contributed by atoms with Crippen LogP contribution in [0.5, 0.6) is 0 Å². The van der Waals surface area contributed by atoms with Gasteiger partial charge in [-0.05, 0) is 19.8 Å². The minimum Gasteiger partial charge on any atom is -0.465 e. The smallest absolute Gasteiger partial charge is 0.354 e. The fraction of sp³-hybridized carbons (Fsp3) is 0.875. The highest BCUT2D eigenvalue weighted by molar-refractivity contribution is 14.1. The quantitative estimate of drug-likeness (QED) is 0.453. The molecule has 0 saturated carbocycles. The molecule has 90 valence electrons. The van der Waals surface area contributed by atoms with E-state index in [-0.39, 0.29) is 19.4 Å². The summed E-state index contributed by atoms with van der Waals surface area (Å²) < 4.78 is 21.2. The summed E-state index contributed by atoms with van der Waals surface area (Å²) in [6, 6.07) is 0. The summed E-state index contributed by atoms with van der Waals surface area (Å²) >= 11 is 1.34. The van der Waals surface area contributed by atoms with Crippen molar-refractivity contribution in [2.24, 2.45) is 0 Å². The average molecular weight is 350 g/mol. The first kappa shape index (κ1) is 15.3. The standard InChI is InChI=1S/C8H16IO5P/c1-4-8(5-2,7(10)13-6-3)15(11,12)14-9/h4-6H2,1-3H3,(H,11,12). The number of hydrogen-bond donors (Lipinski definition) is 1. The van der Waals surface area contributed by atoms with Crippen LogP contribution in [0.15, 0.2) is 0 Å². The summed E-state index contributed by atoms with van der Waals surface area (Å²) in [7, 11) is -3.99. The van der Waals surface area contributed by atoms with Crippen molar-refractivity contribution in [3.8, 4) is 0 Å². The highest BCUT2D eigenvalue weighted by Crippen LogP contribution is 2.60. The Morgan fingerprint density at radius 2 is 1.87 bits per heavy atom. The average Bonchev–Trinajstić information content (AvgIpc) is 2.20. The van der Waals surface area contributed by atoms with Crippen molar-refractivity contribution in [3.63, 3.8) is 0 Å². The molecule has 0 saturated heterocycles. The first-order chi connectivity index (χ1) is 6.91. The lowest BCUT2D eigenvalue weighted by molar-refractivity contribution is -0.147. The Hall–Kier alpha value is 0.350. The molecular weight excluding hydrogens is 334 g/mol. The molecule has 7 heteroatoms. The van der Waals surface area contributed by atoms with Gasteiger partial charge in [-0.2, -0.15) is 0 Å². The maximum atomic E-state index is 11.8. The van der Waals surface area contributed by atoms with E-state index in [1.807, 2.05) is 0 Å². The van der Waals surface area contributed by atoms with Gasteiger partial charge in [0.15, 0.2) is 5.16 Å². The minimum atomic E-state index is -3.99. The minimum absolute atomic E-state index is 0.182. The molecule has 0 aliphatic heterocycles. The third-order valence-corrected chi connectivity index (χ3v) is 6.15. The molecule has 0 amide bonds. The second-order valence-corrected chi connectivity index (χ2v) is 6.27. The molecule has 0 aliphatic rings. The van der Waals surface area contributed by atoms with Crippen LogP contribution in [0.25, 0.3) is 0 Å². The van der Waals surface area contributed by atoms with Crippen molar-refractivity contribution < 1.29 is 21.8 Å². The van der Waals surface area contributed by atoms with Crippen LogP contribution >= 0.6 is 30.6 Å². The van der Waals surface area contributed by atoms with Crippen LogP contribution in [0.3, 0.4) is 0 Å². The number of carbonyl (C=O) groups excluding carboxylic acids is 1. The summed E-state index contributed by atoms with van der Waals surface area (Å²) in [6.45, 7) is 5.17. The lowest BCUT2D eigenvalue weighted by Crippen LogP contribution is -2.39. The van der Waals surface area contributed by atoms with Gasteiger partial charge in [0.1, 0.15) is 23.0 Å². The molecule has 5 nitrogen and oxygen atoms in total. The summed E-state index contributed by atoms with van der Waals surface area (Å²) in [5.41, 5.74) is 0. The summed E-state index contributed by atoms with van der Waals surface area (Å²) in [6.07, 6.45) is 0.415. The predicted octanol–water partition coefficient (Wildman–Crippen LogP) is 2.66. The van der Waals surface area contributed by atoms with Crippen molar-refractivity contribution in [2.75, 3.05) is 6.61 Å². The highest BCUT2D eigenvalue weighted by atomic mass is 127. The van der Waals surface area contributed by atoms with Gasteiger partial charge >= 0.3 is 13.6 Å². The Kier molecular flexibility index (Phi) is 6.32. The van der Waals surface area contributed by atoms with Crippen LogP contribution < -0.4 is 0 Å². The zero-order valence-electron chi connectivity index (χ0n) is 9.03. The lowest BCUT2D eigenvalue weighted by Gasteiger charge is -2.30. The zero-order chi connectivity index (χ0) is 12.1. The molecule has 0 heterocycles. The Morgan fingerprint density at radius 1 is 1.40 bits per heavy atom. The van der Waals surface area contributed by atoms with Gasteiger partial charge in [-0.25, -0.2) is 2.85 Å². The van der Waals surface area contributed by atoms with Crippen molar-refractivity contribution in [1.29, 1.82) is 0 Å². The number of esters is 1. The fourth-order valence-electron chi connectivity index (χ4n) is 1.39. The molecule has 0 aromatic carbocycles. The Bertz CT molecular complexity index is 264. The van der Waals surface area contributed by atoms with Crippen LogP contribution in [0.1, 0.15) is 33.6 Å². The monoisotopic (exact) mass is 350 g/mol. The van der Waals surface area contributed by atoms with E-state index in [0.29, 0.717) is 0 Å². The van der Waals surface area contributed by atoms with Crippen molar-refractivity contribution in [3.05, 3.63) is 0 Å². The van der Waals surface area contributed by atoms with Crippen LogP contribution in [0.2, 0.25) is 0 Å². The van der Waals surface area contributed by atoms with Crippen LogP contribution in [-0.2, 0) is 16.9 Å². The molecule has 0 rings (SSSR count). The number of halogens is 1. The molecule has 0 spiro atoms. The summed E-state index contributed by atoms with van der Waals surface area (Å²) in [5.74, 6) is -0.669. The lowest BCUT2D eigenvalue weighted by atomic mass is 10.0. The Labute approximate surface area is 104 Å². The normalized spacial score (nSPS) is 15.8. The van der Waals surface area contributed by atoms with Gasteiger partial charge in [-0.15, -0.1) is 0 Å². The van der Waals surface area contributed by atoms with Crippen molar-refractivity contribution in [2.45, 2.75) is 38.8 Å². The van der Waals surface area contributed by atoms with Gasteiger partial charge in [-0.1, -0.05) is 13.8 Å². The topological polar surface area (TPSA) is 72.8 Å². The Balaban J connectivity index is 5.22. The third kappa shape index (κ3) is 2.93. The van der Waals surface area contributed by atoms with Gasteiger partial charge in [-0.3, -0.25) is 9.36 Å². The molecule has 0 bridgehead atoms. The van der Waals surface area contributed by atoms with E-state index in [1.165, 1.54) is 23.0 Å². The molecule has 0 aliphatic carbocycles. The maximum absolute atomic E-state index is 11.8. The SMILES string of the molecule is CCOC(=O)C(CC)(CC)P(=O)(O)OI. The van der Waals surface area contributed by atoms with Crippen molar-refractivity contribution in [1.82, 2.24) is 0 Å². The third-order valence-electron chi connectivity index (χ3n) is 2.46. The molecule has 1 N–H and O–H groups in total. The maximum Gasteiger partial charge on any atom is 0.354 e. The molecule has 1 unspecified atom stereocenters. The predicted molar refractivity (Wildman–Crippen MR) is 64.9 cm³/mol. The van der Waals surface area contributed by atoms with Crippen LogP contribution in [0, 0.1) is 0 Å². The van der Waals surface area contributed by atoms with E-state index in [0.717, 1.165) is 0 Å².